The summed E-state index contributed by atoms with van der Waals surface area (Å²) in [5, 5.41) is 8.49. The average molecular weight is 752 g/mol. The highest BCUT2D eigenvalue weighted by Gasteiger charge is 2.24. The van der Waals surface area contributed by atoms with Crippen molar-refractivity contribution in [1.29, 1.82) is 0 Å². The molecule has 0 spiro atoms. The molecule has 5 aromatic rings. The molecule has 0 saturated heterocycles. The van der Waals surface area contributed by atoms with E-state index in [-0.39, 0.29) is 11.6 Å². The highest BCUT2D eigenvalue weighted by Crippen LogP contribution is 2.40. The Morgan fingerprint density at radius 3 is 1.98 bits per heavy atom. The van der Waals surface area contributed by atoms with Crippen molar-refractivity contribution in [3.05, 3.63) is 142 Å². The van der Waals surface area contributed by atoms with Crippen LogP contribution in [0, 0.1) is 6.92 Å². The van der Waals surface area contributed by atoms with Crippen LogP contribution in [-0.4, -0.2) is 46.2 Å². The maximum Gasteiger partial charge on any atom is 0.272 e. The van der Waals surface area contributed by atoms with Crippen LogP contribution < -0.4 is 34.9 Å². The fraction of sp³-hybridized carbons (Fsp3) is 0.146. The molecule has 0 aliphatic rings. The Kier molecular flexibility index (Phi) is 13.0. The Morgan fingerprint density at radius 1 is 0.717 bits per heavy atom. The number of benzene rings is 5. The molecule has 1 unspecified atom stereocenters. The van der Waals surface area contributed by atoms with Crippen LogP contribution in [0.3, 0.4) is 0 Å². The van der Waals surface area contributed by atoms with Gasteiger partial charge < -0.3 is 34.9 Å². The molecule has 5 rings (SSSR count). The molecule has 5 aromatic carbocycles. The van der Waals surface area contributed by atoms with Gasteiger partial charge in [0.05, 0.1) is 34.1 Å². The number of rotatable bonds is 14. The first-order valence-corrected chi connectivity index (χ1v) is 17.6. The van der Waals surface area contributed by atoms with E-state index >= 15 is 0 Å². The molecule has 12 heteroatoms. The quantitative estimate of drug-likeness (QED) is 0.0762. The second-order valence-corrected chi connectivity index (χ2v) is 13.1. The van der Waals surface area contributed by atoms with Gasteiger partial charge in [-0.15, -0.1) is 11.8 Å². The molecule has 10 nitrogen and oxygen atoms in total. The minimum absolute atomic E-state index is 0.0417. The van der Waals surface area contributed by atoms with E-state index in [2.05, 4.69) is 16.0 Å². The number of carbonyl (C=O) groups excluding carboxylic acids is 3. The summed E-state index contributed by atoms with van der Waals surface area (Å²) in [6.45, 7) is 1.85. The first-order valence-electron chi connectivity index (χ1n) is 16.3. The largest absolute Gasteiger partial charge is 0.495 e. The zero-order chi connectivity index (χ0) is 37.9. The summed E-state index contributed by atoms with van der Waals surface area (Å²) in [6.07, 6.45) is 1.52. The fourth-order valence-electron chi connectivity index (χ4n) is 5.30. The van der Waals surface area contributed by atoms with Gasteiger partial charge in [-0.2, -0.15) is 0 Å². The zero-order valence-corrected chi connectivity index (χ0v) is 31.3. The van der Waals surface area contributed by atoms with Gasteiger partial charge in [-0.1, -0.05) is 66.2 Å². The van der Waals surface area contributed by atoms with Crippen LogP contribution >= 0.6 is 23.4 Å². The molecule has 0 saturated carbocycles. The van der Waals surface area contributed by atoms with Crippen LogP contribution in [0.4, 0.5) is 11.4 Å². The van der Waals surface area contributed by atoms with Crippen molar-refractivity contribution in [3.63, 3.8) is 0 Å². The number of methoxy groups -OCH3 is 4. The lowest BCUT2D eigenvalue weighted by atomic mass is 10.1. The van der Waals surface area contributed by atoms with E-state index in [0.717, 1.165) is 11.1 Å². The number of carbonyl (C=O) groups is 3. The Hall–Kier alpha value is -5.91. The third kappa shape index (κ3) is 9.70. The van der Waals surface area contributed by atoms with E-state index in [0.29, 0.717) is 55.4 Å². The topological polar surface area (TPSA) is 124 Å². The zero-order valence-electron chi connectivity index (χ0n) is 29.7. The first kappa shape index (κ1) is 38.3. The molecule has 0 radical (unpaired) electrons. The Bertz CT molecular complexity index is 2100. The number of amides is 3. The molecule has 272 valence electrons. The third-order valence-electron chi connectivity index (χ3n) is 7.95. The third-order valence-corrected chi connectivity index (χ3v) is 9.61. The molecule has 0 bridgehead atoms. The molecule has 3 N–H and O–H groups in total. The summed E-state index contributed by atoms with van der Waals surface area (Å²) < 4.78 is 21.9. The van der Waals surface area contributed by atoms with Crippen molar-refractivity contribution in [2.45, 2.75) is 17.1 Å². The summed E-state index contributed by atoms with van der Waals surface area (Å²) >= 11 is 7.61. The highest BCUT2D eigenvalue weighted by molar-refractivity contribution is 8.00. The predicted molar refractivity (Wildman–Crippen MR) is 209 cm³/mol. The van der Waals surface area contributed by atoms with E-state index in [1.807, 2.05) is 43.3 Å². The number of halogens is 1. The van der Waals surface area contributed by atoms with Crippen LogP contribution in [0.1, 0.15) is 32.3 Å². The second kappa shape index (κ2) is 18.0. The van der Waals surface area contributed by atoms with Crippen LogP contribution in [0.5, 0.6) is 23.0 Å². The summed E-state index contributed by atoms with van der Waals surface area (Å²) in [5.74, 6) is 0.212. The van der Waals surface area contributed by atoms with Gasteiger partial charge in [-0.05, 0) is 78.2 Å². The van der Waals surface area contributed by atoms with E-state index in [1.165, 1.54) is 46.3 Å². The van der Waals surface area contributed by atoms with Gasteiger partial charge in [0.1, 0.15) is 16.7 Å². The second-order valence-electron chi connectivity index (χ2n) is 11.5. The van der Waals surface area contributed by atoms with Crippen molar-refractivity contribution in [1.82, 2.24) is 5.32 Å². The number of hydrogen-bond acceptors (Lipinski definition) is 8. The normalized spacial score (nSPS) is 11.5. The van der Waals surface area contributed by atoms with Crippen LogP contribution in [0.25, 0.3) is 6.08 Å². The van der Waals surface area contributed by atoms with Gasteiger partial charge in [0.2, 0.25) is 11.7 Å². The highest BCUT2D eigenvalue weighted by atomic mass is 35.5. The first-order chi connectivity index (χ1) is 25.6. The molecule has 0 aliphatic heterocycles. The number of hydrogen-bond donors (Lipinski definition) is 3. The number of aryl methyl sites for hydroxylation is 1. The fourth-order valence-corrected chi connectivity index (χ4v) is 6.54. The molecule has 0 aliphatic carbocycles. The van der Waals surface area contributed by atoms with Crippen molar-refractivity contribution >= 4 is 58.5 Å². The minimum Gasteiger partial charge on any atom is -0.495 e. The standard InChI is InChI=1S/C41H38ClN3O7S/c1-25-19-32(34(49-2)24-31(25)42)44-41(48)38(27-13-8-6-9-14-27)53-30-18-12-17-29(23-30)43-40(47)33(45-39(46)28-15-10-7-11-16-28)20-26-21-35(50-3)37(52-5)36(22-26)51-4/h6-24,38H,1-5H3,(H,43,47)(H,44,48)(H,45,46)/b33-20+. The average Bonchev–Trinajstić information content (AvgIpc) is 3.18. The van der Waals surface area contributed by atoms with Crippen LogP contribution in [-0.2, 0) is 9.59 Å². The molecule has 0 fully saturated rings. The number of anilines is 2. The smallest absolute Gasteiger partial charge is 0.272 e. The predicted octanol–water partition coefficient (Wildman–Crippen LogP) is 8.56. The monoisotopic (exact) mass is 751 g/mol. The van der Waals surface area contributed by atoms with E-state index in [4.69, 9.17) is 30.5 Å². The molecule has 1 atom stereocenters. The van der Waals surface area contributed by atoms with E-state index in [1.54, 1.807) is 72.8 Å². The summed E-state index contributed by atoms with van der Waals surface area (Å²) in [4.78, 5) is 41.8. The lowest BCUT2D eigenvalue weighted by Gasteiger charge is -2.19. The van der Waals surface area contributed by atoms with Gasteiger partial charge in [-0.25, -0.2) is 0 Å². The summed E-state index contributed by atoms with van der Waals surface area (Å²) in [6, 6.07) is 31.8. The van der Waals surface area contributed by atoms with Gasteiger partial charge in [-0.3, -0.25) is 14.4 Å². The summed E-state index contributed by atoms with van der Waals surface area (Å²) in [5.41, 5.74) is 3.32. The van der Waals surface area contributed by atoms with Crippen molar-refractivity contribution in [2.24, 2.45) is 0 Å². The van der Waals surface area contributed by atoms with Gasteiger partial charge in [0.15, 0.2) is 11.5 Å². The molecular weight excluding hydrogens is 714 g/mol. The molecule has 53 heavy (non-hydrogen) atoms. The Balaban J connectivity index is 1.44. The lowest BCUT2D eigenvalue weighted by molar-refractivity contribution is -0.116. The number of ether oxygens (including phenoxy) is 4. The Labute approximate surface area is 317 Å². The van der Waals surface area contributed by atoms with Crippen molar-refractivity contribution < 1.29 is 33.3 Å². The maximum atomic E-state index is 13.9. The van der Waals surface area contributed by atoms with Gasteiger partial charge in [0.25, 0.3) is 11.8 Å². The maximum absolute atomic E-state index is 13.9. The minimum atomic E-state index is -0.677. The number of nitrogens with one attached hydrogen (secondary N) is 3. The molecule has 0 heterocycles. The molecular formula is C41H38ClN3O7S. The van der Waals surface area contributed by atoms with Crippen LogP contribution in [0.15, 0.2) is 120 Å². The van der Waals surface area contributed by atoms with Gasteiger partial charge >= 0.3 is 0 Å². The summed E-state index contributed by atoms with van der Waals surface area (Å²) in [7, 11) is 5.98. The lowest BCUT2D eigenvalue weighted by Crippen LogP contribution is -2.30. The number of thioether (sulfide) groups is 1. The van der Waals surface area contributed by atoms with Crippen LogP contribution in [0.2, 0.25) is 5.02 Å². The van der Waals surface area contributed by atoms with Gasteiger partial charge in [0, 0.05) is 27.2 Å². The Morgan fingerprint density at radius 2 is 1.36 bits per heavy atom. The van der Waals surface area contributed by atoms with Crippen molar-refractivity contribution in [3.8, 4) is 23.0 Å². The van der Waals surface area contributed by atoms with E-state index in [9.17, 15) is 14.4 Å². The molecule has 0 aromatic heterocycles. The van der Waals surface area contributed by atoms with E-state index < -0.39 is 17.1 Å². The molecule has 3 amide bonds. The SMILES string of the molecule is COc1cc(Cl)c(C)cc1NC(=O)C(Sc1cccc(NC(=O)/C(=C\c2cc(OC)c(OC)c(OC)c2)NC(=O)c2ccccc2)c1)c1ccccc1. The van der Waals surface area contributed by atoms with Crippen molar-refractivity contribution in [2.75, 3.05) is 39.1 Å².